The van der Waals surface area contributed by atoms with Crippen LogP contribution in [0.15, 0.2) is 71.6 Å². The number of hydrogen-bond donors (Lipinski definition) is 0. The molecule has 0 spiro atoms. The second kappa shape index (κ2) is 10.4. The molecule has 0 aromatic heterocycles. The SMILES string of the molecule is COc1cc(C=C(C(=O)N(C)C)c2ccc(Oc3ccc(S(C)(=O)=O)cc3)cc2)cc(OC)c1. The minimum atomic E-state index is -3.27. The lowest BCUT2D eigenvalue weighted by atomic mass is 10.0. The van der Waals surface area contributed by atoms with Gasteiger partial charge in [-0.2, -0.15) is 0 Å². The molecule has 0 saturated heterocycles. The molecule has 3 aromatic carbocycles. The van der Waals surface area contributed by atoms with E-state index in [2.05, 4.69) is 0 Å². The van der Waals surface area contributed by atoms with Crippen molar-refractivity contribution < 1.29 is 27.4 Å². The van der Waals surface area contributed by atoms with Gasteiger partial charge in [-0.25, -0.2) is 8.42 Å². The van der Waals surface area contributed by atoms with E-state index in [1.807, 2.05) is 12.1 Å². The molecule has 1 amide bonds. The molecule has 0 aliphatic carbocycles. The molecule has 0 aliphatic heterocycles. The molecule has 0 atom stereocenters. The normalized spacial score (nSPS) is 11.6. The predicted molar refractivity (Wildman–Crippen MR) is 132 cm³/mol. The first-order valence-corrected chi connectivity index (χ1v) is 12.2. The maximum Gasteiger partial charge on any atom is 0.253 e. The third kappa shape index (κ3) is 6.17. The van der Waals surface area contributed by atoms with Gasteiger partial charge in [-0.05, 0) is 65.7 Å². The Bertz CT molecular complexity index is 1270. The molecular weight excluding hydrogens is 454 g/mol. The van der Waals surface area contributed by atoms with Crippen LogP contribution in [0, 0.1) is 0 Å². The van der Waals surface area contributed by atoms with Crippen LogP contribution < -0.4 is 14.2 Å². The fraction of sp³-hybridized carbons (Fsp3) is 0.192. The summed E-state index contributed by atoms with van der Waals surface area (Å²) in [5, 5.41) is 0. The predicted octanol–water partition coefficient (Wildman–Crippen LogP) is 4.53. The van der Waals surface area contributed by atoms with Crippen LogP contribution in [0.5, 0.6) is 23.0 Å². The van der Waals surface area contributed by atoms with Gasteiger partial charge in [0, 0.05) is 32.0 Å². The molecule has 0 aliphatic rings. The van der Waals surface area contributed by atoms with E-state index in [-0.39, 0.29) is 10.8 Å². The average Bonchev–Trinajstić information content (AvgIpc) is 2.82. The van der Waals surface area contributed by atoms with Gasteiger partial charge in [0.05, 0.1) is 19.1 Å². The fourth-order valence-corrected chi connectivity index (χ4v) is 3.81. The molecule has 0 N–H and O–H groups in total. The van der Waals surface area contributed by atoms with E-state index >= 15 is 0 Å². The van der Waals surface area contributed by atoms with Gasteiger partial charge in [0.1, 0.15) is 23.0 Å². The largest absolute Gasteiger partial charge is 0.497 e. The van der Waals surface area contributed by atoms with E-state index in [0.717, 1.165) is 11.8 Å². The second-order valence-electron chi connectivity index (χ2n) is 7.77. The maximum absolute atomic E-state index is 13.0. The number of amides is 1. The highest BCUT2D eigenvalue weighted by atomic mass is 32.2. The third-order valence-electron chi connectivity index (χ3n) is 4.97. The first-order valence-electron chi connectivity index (χ1n) is 10.4. The quantitative estimate of drug-likeness (QED) is 0.347. The summed E-state index contributed by atoms with van der Waals surface area (Å²) in [6, 6.07) is 18.7. The summed E-state index contributed by atoms with van der Waals surface area (Å²) in [7, 11) is 3.26. The van der Waals surface area contributed by atoms with E-state index in [1.165, 1.54) is 17.0 Å². The van der Waals surface area contributed by atoms with Crippen LogP contribution in [0.3, 0.4) is 0 Å². The molecule has 0 radical (unpaired) electrons. The van der Waals surface area contributed by atoms with Crippen molar-refractivity contribution in [1.29, 1.82) is 0 Å². The Morgan fingerprint density at radius 2 is 1.29 bits per heavy atom. The average molecular weight is 482 g/mol. The zero-order valence-corrected chi connectivity index (χ0v) is 20.5. The zero-order valence-electron chi connectivity index (χ0n) is 19.7. The lowest BCUT2D eigenvalue weighted by Crippen LogP contribution is -2.22. The van der Waals surface area contributed by atoms with Crippen LogP contribution in [0.1, 0.15) is 11.1 Å². The van der Waals surface area contributed by atoms with Crippen LogP contribution in [-0.2, 0) is 14.6 Å². The van der Waals surface area contributed by atoms with E-state index < -0.39 is 9.84 Å². The second-order valence-corrected chi connectivity index (χ2v) is 9.79. The highest BCUT2D eigenvalue weighted by Gasteiger charge is 2.15. The van der Waals surface area contributed by atoms with E-state index in [4.69, 9.17) is 14.2 Å². The van der Waals surface area contributed by atoms with Gasteiger partial charge in [-0.15, -0.1) is 0 Å². The van der Waals surface area contributed by atoms with E-state index in [9.17, 15) is 13.2 Å². The van der Waals surface area contributed by atoms with Gasteiger partial charge in [0.25, 0.3) is 5.91 Å². The van der Waals surface area contributed by atoms with Crippen molar-refractivity contribution >= 4 is 27.4 Å². The topological polar surface area (TPSA) is 82.1 Å². The monoisotopic (exact) mass is 481 g/mol. The van der Waals surface area contributed by atoms with Gasteiger partial charge in [-0.3, -0.25) is 4.79 Å². The van der Waals surface area contributed by atoms with E-state index in [0.29, 0.717) is 34.1 Å². The number of benzene rings is 3. The fourth-order valence-electron chi connectivity index (χ4n) is 3.18. The van der Waals surface area contributed by atoms with Crippen LogP contribution in [0.4, 0.5) is 0 Å². The maximum atomic E-state index is 13.0. The number of sulfone groups is 1. The number of rotatable bonds is 8. The zero-order chi connectivity index (χ0) is 24.9. The van der Waals surface area contributed by atoms with Crippen molar-refractivity contribution in [2.75, 3.05) is 34.6 Å². The summed E-state index contributed by atoms with van der Waals surface area (Å²) < 4.78 is 39.7. The van der Waals surface area contributed by atoms with Gasteiger partial charge in [0.15, 0.2) is 9.84 Å². The van der Waals surface area contributed by atoms with Crippen LogP contribution in [-0.4, -0.2) is 53.8 Å². The molecule has 178 valence electrons. The third-order valence-corrected chi connectivity index (χ3v) is 6.10. The van der Waals surface area contributed by atoms with Crippen molar-refractivity contribution in [1.82, 2.24) is 4.90 Å². The molecule has 3 aromatic rings. The number of carbonyl (C=O) groups is 1. The Kier molecular flexibility index (Phi) is 7.63. The van der Waals surface area contributed by atoms with Gasteiger partial charge < -0.3 is 19.1 Å². The Hall–Kier alpha value is -3.78. The summed E-state index contributed by atoms with van der Waals surface area (Å²) >= 11 is 0. The van der Waals surface area contributed by atoms with E-state index in [1.54, 1.807) is 76.9 Å². The Balaban J connectivity index is 1.91. The lowest BCUT2D eigenvalue weighted by Gasteiger charge is -2.15. The molecule has 3 rings (SSSR count). The molecule has 0 unspecified atom stereocenters. The molecule has 0 heterocycles. The smallest absolute Gasteiger partial charge is 0.253 e. The summed E-state index contributed by atoms with van der Waals surface area (Å²) in [4.78, 5) is 14.7. The Labute approximate surface area is 200 Å². The van der Waals surface area contributed by atoms with Gasteiger partial charge in [-0.1, -0.05) is 12.1 Å². The van der Waals surface area contributed by atoms with Crippen molar-refractivity contribution in [3.05, 3.63) is 77.9 Å². The number of likely N-dealkylation sites (N-methyl/N-ethyl adjacent to an activating group) is 1. The summed E-state index contributed by atoms with van der Waals surface area (Å²) in [5.74, 6) is 2.13. The van der Waals surface area contributed by atoms with Crippen molar-refractivity contribution in [3.8, 4) is 23.0 Å². The molecule has 34 heavy (non-hydrogen) atoms. The standard InChI is InChI=1S/C26H27NO6S/c1-27(2)26(28)25(16-18-14-22(31-3)17-23(15-18)32-4)19-6-8-20(9-7-19)33-21-10-12-24(13-11-21)34(5,29)30/h6-17H,1-5H3. The summed E-state index contributed by atoms with van der Waals surface area (Å²) in [5.41, 5.74) is 1.96. The number of ether oxygens (including phenoxy) is 3. The number of hydrogen-bond acceptors (Lipinski definition) is 6. The highest BCUT2D eigenvalue weighted by molar-refractivity contribution is 7.90. The van der Waals surface area contributed by atoms with Crippen molar-refractivity contribution in [3.63, 3.8) is 0 Å². The van der Waals surface area contributed by atoms with Gasteiger partial charge >= 0.3 is 0 Å². The van der Waals surface area contributed by atoms with Crippen LogP contribution in [0.2, 0.25) is 0 Å². The summed E-state index contributed by atoms with van der Waals surface area (Å²) in [6.45, 7) is 0. The first kappa shape index (κ1) is 24.9. The molecule has 0 saturated carbocycles. The number of nitrogens with zero attached hydrogens (tertiary/aromatic N) is 1. The van der Waals surface area contributed by atoms with Crippen LogP contribution in [0.25, 0.3) is 11.6 Å². The van der Waals surface area contributed by atoms with Crippen molar-refractivity contribution in [2.45, 2.75) is 4.90 Å². The molecule has 0 bridgehead atoms. The van der Waals surface area contributed by atoms with Crippen LogP contribution >= 0.6 is 0 Å². The molecule has 7 nitrogen and oxygen atoms in total. The number of carbonyl (C=O) groups excluding carboxylic acids is 1. The highest BCUT2D eigenvalue weighted by Crippen LogP contribution is 2.29. The molecular formula is C26H27NO6S. The Morgan fingerprint density at radius 3 is 1.74 bits per heavy atom. The first-order chi connectivity index (χ1) is 16.1. The molecule has 0 fully saturated rings. The van der Waals surface area contributed by atoms with Crippen molar-refractivity contribution in [2.24, 2.45) is 0 Å². The van der Waals surface area contributed by atoms with Gasteiger partial charge in [0.2, 0.25) is 0 Å². The molecule has 8 heteroatoms. The number of methoxy groups -OCH3 is 2. The lowest BCUT2D eigenvalue weighted by molar-refractivity contribution is -0.122. The minimum Gasteiger partial charge on any atom is -0.497 e. The summed E-state index contributed by atoms with van der Waals surface area (Å²) in [6.07, 6.45) is 2.94. The minimum absolute atomic E-state index is 0.160. The Morgan fingerprint density at radius 1 is 0.794 bits per heavy atom.